The van der Waals surface area contributed by atoms with Gasteiger partial charge in [-0.2, -0.15) is 5.10 Å². The molecule has 1 aromatic carbocycles. The van der Waals surface area contributed by atoms with Crippen LogP contribution in [0, 0.1) is 5.92 Å². The summed E-state index contributed by atoms with van der Waals surface area (Å²) in [5.74, 6) is 0.927. The van der Waals surface area contributed by atoms with E-state index in [1.165, 1.54) is 6.33 Å². The summed E-state index contributed by atoms with van der Waals surface area (Å²) >= 11 is 0. The molecule has 6 rings (SSSR count). The van der Waals surface area contributed by atoms with E-state index in [2.05, 4.69) is 38.5 Å². The van der Waals surface area contributed by atoms with Crippen molar-refractivity contribution in [1.29, 1.82) is 0 Å². The Hall–Kier alpha value is -3.42. The number of nitrogen functional groups attached to an aromatic ring is 1. The van der Waals surface area contributed by atoms with Gasteiger partial charge in [-0.15, -0.1) is 0 Å². The third-order valence-corrected chi connectivity index (χ3v) is 6.64. The fourth-order valence-electron chi connectivity index (χ4n) is 4.77. The zero-order valence-corrected chi connectivity index (χ0v) is 17.2. The second-order valence-electron chi connectivity index (χ2n) is 8.81. The number of hydrogen-bond donors (Lipinski definition) is 3. The highest BCUT2D eigenvalue weighted by Crippen LogP contribution is 2.37. The molecule has 31 heavy (non-hydrogen) atoms. The van der Waals surface area contributed by atoms with Crippen molar-refractivity contribution in [2.45, 2.75) is 50.6 Å². The highest BCUT2D eigenvalue weighted by atomic mass is 16.2. The summed E-state index contributed by atoms with van der Waals surface area (Å²) in [6.45, 7) is 0. The van der Waals surface area contributed by atoms with Crippen LogP contribution in [0.25, 0.3) is 33.3 Å². The fraction of sp³-hybridized carbons (Fsp3) is 0.391. The lowest BCUT2D eigenvalue weighted by atomic mass is 9.91. The Labute approximate surface area is 179 Å². The minimum atomic E-state index is 0.226. The number of benzene rings is 1. The summed E-state index contributed by atoms with van der Waals surface area (Å²) in [6.07, 6.45) is 7.38. The Bertz CT molecular complexity index is 1240. The van der Waals surface area contributed by atoms with Crippen molar-refractivity contribution in [2.24, 2.45) is 5.92 Å². The summed E-state index contributed by atoms with van der Waals surface area (Å²) in [4.78, 5) is 24.3. The summed E-state index contributed by atoms with van der Waals surface area (Å²) in [6, 6.07) is 10.7. The summed E-state index contributed by atoms with van der Waals surface area (Å²) < 4.78 is 2.02. The monoisotopic (exact) mass is 415 g/mol. The van der Waals surface area contributed by atoms with E-state index in [0.717, 1.165) is 71.8 Å². The largest absolute Gasteiger partial charge is 0.383 e. The number of aromatic amines is 1. The van der Waals surface area contributed by atoms with Crippen molar-refractivity contribution in [3.63, 3.8) is 0 Å². The van der Waals surface area contributed by atoms with E-state index in [1.54, 1.807) is 0 Å². The van der Waals surface area contributed by atoms with Crippen molar-refractivity contribution in [3.8, 4) is 11.4 Å². The lowest BCUT2D eigenvalue weighted by Gasteiger charge is -2.29. The van der Waals surface area contributed by atoms with E-state index >= 15 is 0 Å². The van der Waals surface area contributed by atoms with E-state index in [9.17, 15) is 4.79 Å². The van der Waals surface area contributed by atoms with Crippen LogP contribution in [0.4, 0.5) is 5.82 Å². The number of H-pyrrole nitrogens is 1. The molecule has 158 valence electrons. The number of aromatic nitrogens is 5. The van der Waals surface area contributed by atoms with E-state index in [4.69, 9.17) is 10.8 Å². The van der Waals surface area contributed by atoms with Gasteiger partial charge in [-0.25, -0.2) is 14.6 Å². The highest BCUT2D eigenvalue weighted by molar-refractivity contribution is 5.99. The Morgan fingerprint density at radius 1 is 1.10 bits per heavy atom. The molecule has 2 fully saturated rings. The van der Waals surface area contributed by atoms with Crippen LogP contribution in [-0.4, -0.2) is 36.7 Å². The molecule has 2 saturated carbocycles. The molecule has 3 heterocycles. The van der Waals surface area contributed by atoms with Crippen LogP contribution in [-0.2, 0) is 4.79 Å². The number of carbonyl (C=O) groups excluding carboxylic acids is 1. The van der Waals surface area contributed by atoms with Gasteiger partial charge >= 0.3 is 0 Å². The first-order valence-corrected chi connectivity index (χ1v) is 11.0. The average Bonchev–Trinajstić information content (AvgIpc) is 3.43. The molecule has 0 unspecified atom stereocenters. The molecule has 0 saturated heterocycles. The number of nitrogens with one attached hydrogen (secondary N) is 2. The molecular formula is C23H25N7O. The molecule has 4 aromatic rings. The standard InChI is InChI=1S/C23H25N7O/c24-21-19-20(18-11-14-3-1-2-4-17(14)28-18)29-30(22(19)26-12-25-21)16-9-7-15(8-10-16)27-23(31)13-5-6-13/h1-4,11-13,15-16,28H,5-10H2,(H,27,31)(H2,24,25,26)/t15-,16-. The minimum absolute atomic E-state index is 0.226. The van der Waals surface area contributed by atoms with Crippen molar-refractivity contribution in [2.75, 3.05) is 5.73 Å². The van der Waals surface area contributed by atoms with E-state index in [-0.39, 0.29) is 23.9 Å². The van der Waals surface area contributed by atoms with Gasteiger partial charge in [0.1, 0.15) is 17.8 Å². The summed E-state index contributed by atoms with van der Waals surface area (Å²) in [7, 11) is 0. The third kappa shape index (κ3) is 3.22. The first-order valence-electron chi connectivity index (χ1n) is 11.0. The zero-order valence-electron chi connectivity index (χ0n) is 17.2. The predicted molar refractivity (Wildman–Crippen MR) is 119 cm³/mol. The molecule has 3 aromatic heterocycles. The molecule has 0 spiro atoms. The van der Waals surface area contributed by atoms with E-state index in [0.29, 0.717) is 5.82 Å². The van der Waals surface area contributed by atoms with Crippen molar-refractivity contribution in [3.05, 3.63) is 36.7 Å². The van der Waals surface area contributed by atoms with Crippen LogP contribution in [0.15, 0.2) is 36.7 Å². The van der Waals surface area contributed by atoms with Crippen LogP contribution < -0.4 is 11.1 Å². The number of nitrogens with zero attached hydrogens (tertiary/aromatic N) is 4. The number of hydrogen-bond acceptors (Lipinski definition) is 5. The molecule has 0 radical (unpaired) electrons. The van der Waals surface area contributed by atoms with Gasteiger partial charge in [-0.05, 0) is 50.7 Å². The van der Waals surface area contributed by atoms with E-state index < -0.39 is 0 Å². The second-order valence-corrected chi connectivity index (χ2v) is 8.81. The summed E-state index contributed by atoms with van der Waals surface area (Å²) in [5.41, 5.74) is 9.80. The third-order valence-electron chi connectivity index (χ3n) is 6.64. The SMILES string of the molecule is Nc1ncnc2c1c(-c1cc3ccccc3[nH]1)nn2[C@H]1CC[C@H](NC(=O)C2CC2)CC1. The van der Waals surface area contributed by atoms with Gasteiger partial charge in [0.25, 0.3) is 0 Å². The predicted octanol–water partition coefficient (Wildman–Crippen LogP) is 3.57. The summed E-state index contributed by atoms with van der Waals surface area (Å²) in [5, 5.41) is 10.1. The first-order chi connectivity index (χ1) is 15.2. The Morgan fingerprint density at radius 2 is 1.90 bits per heavy atom. The average molecular weight is 416 g/mol. The normalized spacial score (nSPS) is 21.5. The Kier molecular flexibility index (Phi) is 4.19. The van der Waals surface area contributed by atoms with Crippen molar-refractivity contribution >= 4 is 33.7 Å². The molecule has 1 amide bonds. The number of nitrogens with two attached hydrogens (primary N) is 1. The van der Waals surface area contributed by atoms with Crippen LogP contribution >= 0.6 is 0 Å². The molecule has 0 bridgehead atoms. The lowest BCUT2D eigenvalue weighted by Crippen LogP contribution is -2.38. The van der Waals surface area contributed by atoms with Gasteiger partial charge in [0.2, 0.25) is 5.91 Å². The maximum Gasteiger partial charge on any atom is 0.223 e. The number of rotatable bonds is 4. The van der Waals surface area contributed by atoms with Gasteiger partial charge < -0.3 is 16.0 Å². The van der Waals surface area contributed by atoms with Crippen LogP contribution in [0.3, 0.4) is 0 Å². The second kappa shape index (κ2) is 7.08. The minimum Gasteiger partial charge on any atom is -0.383 e. The molecule has 2 aliphatic rings. The van der Waals surface area contributed by atoms with Crippen LogP contribution in [0.2, 0.25) is 0 Å². The van der Waals surface area contributed by atoms with Gasteiger partial charge in [-0.1, -0.05) is 18.2 Å². The van der Waals surface area contributed by atoms with Crippen LogP contribution in [0.1, 0.15) is 44.6 Å². The van der Waals surface area contributed by atoms with Gasteiger partial charge in [0.05, 0.1) is 17.1 Å². The highest BCUT2D eigenvalue weighted by Gasteiger charge is 2.33. The quantitative estimate of drug-likeness (QED) is 0.471. The maximum atomic E-state index is 12.1. The molecule has 0 aliphatic heterocycles. The molecule has 8 heteroatoms. The Balaban J connectivity index is 1.33. The smallest absolute Gasteiger partial charge is 0.223 e. The maximum absolute atomic E-state index is 12.1. The van der Waals surface area contributed by atoms with Gasteiger partial charge in [-0.3, -0.25) is 4.79 Å². The number of amides is 1. The topological polar surface area (TPSA) is 115 Å². The molecule has 0 atom stereocenters. The Morgan fingerprint density at radius 3 is 2.68 bits per heavy atom. The van der Waals surface area contributed by atoms with Crippen LogP contribution in [0.5, 0.6) is 0 Å². The number of fused-ring (bicyclic) bond motifs is 2. The lowest BCUT2D eigenvalue weighted by molar-refractivity contribution is -0.123. The fourth-order valence-corrected chi connectivity index (χ4v) is 4.77. The van der Waals surface area contributed by atoms with Crippen molar-refractivity contribution in [1.82, 2.24) is 30.0 Å². The van der Waals surface area contributed by atoms with Gasteiger partial charge in [0.15, 0.2) is 5.65 Å². The number of anilines is 1. The first kappa shape index (κ1) is 18.4. The van der Waals surface area contributed by atoms with E-state index in [1.807, 2.05) is 16.8 Å². The van der Waals surface area contributed by atoms with Gasteiger partial charge in [0, 0.05) is 22.9 Å². The molecule has 4 N–H and O–H groups in total. The molecular weight excluding hydrogens is 390 g/mol. The molecule has 8 nitrogen and oxygen atoms in total. The zero-order chi connectivity index (χ0) is 20.9. The number of para-hydroxylation sites is 1. The molecule has 2 aliphatic carbocycles. The number of carbonyl (C=O) groups is 1. The van der Waals surface area contributed by atoms with Crippen molar-refractivity contribution < 1.29 is 4.79 Å².